The summed E-state index contributed by atoms with van der Waals surface area (Å²) in [6, 6.07) is 10.8. The van der Waals surface area contributed by atoms with Crippen molar-refractivity contribution < 1.29 is 9.53 Å². The van der Waals surface area contributed by atoms with Crippen LogP contribution in [0.15, 0.2) is 36.5 Å². The lowest BCUT2D eigenvalue weighted by Gasteiger charge is -2.25. The van der Waals surface area contributed by atoms with Crippen molar-refractivity contribution in [1.29, 1.82) is 5.26 Å². The minimum absolute atomic E-state index is 0.154. The highest BCUT2D eigenvalue weighted by Crippen LogP contribution is 2.24. The Labute approximate surface area is 190 Å². The van der Waals surface area contributed by atoms with E-state index in [9.17, 15) is 4.79 Å². The molecule has 3 heterocycles. The summed E-state index contributed by atoms with van der Waals surface area (Å²) >= 11 is 6.12. The fraction of sp³-hybridized carbons (Fsp3) is 0.364. The first-order chi connectivity index (χ1) is 15.5. The molecule has 0 saturated carbocycles. The number of benzene rings is 1. The van der Waals surface area contributed by atoms with Crippen LogP contribution in [0.25, 0.3) is 11.3 Å². The first-order valence-electron chi connectivity index (χ1n) is 10.4. The molecule has 166 valence electrons. The van der Waals surface area contributed by atoms with Crippen molar-refractivity contribution in [3.05, 3.63) is 58.5 Å². The average Bonchev–Trinajstić information content (AvgIpc) is 3.44. The molecule has 3 aromatic rings. The summed E-state index contributed by atoms with van der Waals surface area (Å²) in [7, 11) is 0. The number of hydrogen-bond donors (Lipinski definition) is 2. The van der Waals surface area contributed by atoms with E-state index >= 15 is 0 Å². The summed E-state index contributed by atoms with van der Waals surface area (Å²) in [6.07, 6.45) is 1.85. The summed E-state index contributed by atoms with van der Waals surface area (Å²) in [6.45, 7) is 6.34. The van der Waals surface area contributed by atoms with Gasteiger partial charge in [-0.05, 0) is 31.2 Å². The standard InChI is InChI=1S/C22H24ClN7O2/c1-15(13-30-5-4-20(28-30)16-2-3-17(12-24)19(23)10-16)25-22(31)21-11-18(26-27-21)14-29-6-8-32-9-7-29/h2-5,10-11,15H,6-9,13-14H2,1H3,(H,25,31)(H,26,27). The maximum atomic E-state index is 12.6. The molecule has 1 fully saturated rings. The van der Waals surface area contributed by atoms with Crippen molar-refractivity contribution in [2.75, 3.05) is 26.3 Å². The van der Waals surface area contributed by atoms with Crippen LogP contribution in [0.1, 0.15) is 28.7 Å². The SMILES string of the molecule is CC(Cn1ccc(-c2ccc(C#N)c(Cl)c2)n1)NC(=O)c1cc(CN2CCOCC2)[nH]n1. The average molecular weight is 454 g/mol. The minimum atomic E-state index is -0.228. The molecule has 2 N–H and O–H groups in total. The van der Waals surface area contributed by atoms with Crippen molar-refractivity contribution in [1.82, 2.24) is 30.2 Å². The summed E-state index contributed by atoms with van der Waals surface area (Å²) in [5.74, 6) is -0.228. The van der Waals surface area contributed by atoms with Crippen molar-refractivity contribution in [3.63, 3.8) is 0 Å². The van der Waals surface area contributed by atoms with E-state index in [0.29, 0.717) is 29.4 Å². The van der Waals surface area contributed by atoms with Gasteiger partial charge < -0.3 is 10.1 Å². The third-order valence-electron chi connectivity index (χ3n) is 5.23. The highest BCUT2D eigenvalue weighted by molar-refractivity contribution is 6.32. The van der Waals surface area contributed by atoms with Gasteiger partial charge >= 0.3 is 0 Å². The van der Waals surface area contributed by atoms with E-state index in [0.717, 1.165) is 43.3 Å². The molecule has 0 aliphatic carbocycles. The molecule has 0 spiro atoms. The van der Waals surface area contributed by atoms with Crippen LogP contribution in [0.3, 0.4) is 0 Å². The van der Waals surface area contributed by atoms with E-state index < -0.39 is 0 Å². The van der Waals surface area contributed by atoms with Gasteiger partial charge in [-0.2, -0.15) is 15.5 Å². The number of halogens is 1. The number of hydrogen-bond acceptors (Lipinski definition) is 6. The zero-order chi connectivity index (χ0) is 22.5. The molecule has 1 unspecified atom stereocenters. The zero-order valence-electron chi connectivity index (χ0n) is 17.7. The lowest BCUT2D eigenvalue weighted by molar-refractivity contribution is 0.0336. The van der Waals surface area contributed by atoms with Gasteiger partial charge in [0.15, 0.2) is 0 Å². The van der Waals surface area contributed by atoms with Crippen LogP contribution in [0, 0.1) is 11.3 Å². The molecule has 10 heteroatoms. The summed E-state index contributed by atoms with van der Waals surface area (Å²) in [5, 5.41) is 24.0. The number of nitrogens with zero attached hydrogens (tertiary/aromatic N) is 5. The van der Waals surface area contributed by atoms with Crippen molar-refractivity contribution in [3.8, 4) is 17.3 Å². The molecular formula is C22H24ClN7O2. The van der Waals surface area contributed by atoms with Gasteiger partial charge in [-0.1, -0.05) is 17.7 Å². The fourth-order valence-electron chi connectivity index (χ4n) is 3.57. The maximum Gasteiger partial charge on any atom is 0.272 e. The number of aromatic amines is 1. The largest absolute Gasteiger partial charge is 0.379 e. The van der Waals surface area contributed by atoms with E-state index in [4.69, 9.17) is 21.6 Å². The third-order valence-corrected chi connectivity index (χ3v) is 5.54. The Kier molecular flexibility index (Phi) is 6.85. The topological polar surface area (TPSA) is 112 Å². The number of H-pyrrole nitrogens is 1. The number of nitrogens with one attached hydrogen (secondary N) is 2. The van der Waals surface area contributed by atoms with Gasteiger partial charge in [0.05, 0.1) is 41.7 Å². The quantitative estimate of drug-likeness (QED) is 0.568. The number of ether oxygens (including phenoxy) is 1. The smallest absolute Gasteiger partial charge is 0.272 e. The second kappa shape index (κ2) is 9.96. The van der Waals surface area contributed by atoms with Gasteiger partial charge in [-0.15, -0.1) is 0 Å². The molecule has 2 aromatic heterocycles. The summed E-state index contributed by atoms with van der Waals surface area (Å²) < 4.78 is 7.12. The van der Waals surface area contributed by atoms with Crippen LogP contribution in [0.2, 0.25) is 5.02 Å². The first-order valence-corrected chi connectivity index (χ1v) is 10.8. The normalized spacial score (nSPS) is 15.3. The summed E-state index contributed by atoms with van der Waals surface area (Å²) in [5.41, 5.74) is 3.28. The molecule has 1 aliphatic heterocycles. The number of nitriles is 1. The molecular weight excluding hydrogens is 430 g/mol. The van der Waals surface area contributed by atoms with Crippen LogP contribution in [0.4, 0.5) is 0 Å². The summed E-state index contributed by atoms with van der Waals surface area (Å²) in [4.78, 5) is 14.8. The zero-order valence-corrected chi connectivity index (χ0v) is 18.5. The highest BCUT2D eigenvalue weighted by atomic mass is 35.5. The van der Waals surface area contributed by atoms with Crippen LogP contribution in [-0.2, 0) is 17.8 Å². The Bertz CT molecular complexity index is 1130. The third kappa shape index (κ3) is 5.34. The lowest BCUT2D eigenvalue weighted by Crippen LogP contribution is -2.36. The molecule has 1 atom stereocenters. The molecule has 1 saturated heterocycles. The van der Waals surface area contributed by atoms with Gasteiger partial charge in [0.2, 0.25) is 0 Å². The number of carbonyl (C=O) groups excluding carboxylic acids is 1. The van der Waals surface area contributed by atoms with E-state index in [1.807, 2.05) is 31.3 Å². The number of aromatic nitrogens is 4. The Hall–Kier alpha value is -3.19. The molecule has 1 aliphatic rings. The van der Waals surface area contributed by atoms with Gasteiger partial charge in [-0.3, -0.25) is 19.5 Å². The van der Waals surface area contributed by atoms with Gasteiger partial charge in [0, 0.05) is 37.4 Å². The van der Waals surface area contributed by atoms with Gasteiger partial charge in [-0.25, -0.2) is 0 Å². The Morgan fingerprint density at radius 2 is 2.16 bits per heavy atom. The monoisotopic (exact) mass is 453 g/mol. The van der Waals surface area contributed by atoms with E-state index in [1.165, 1.54) is 0 Å². The Morgan fingerprint density at radius 3 is 2.91 bits per heavy atom. The highest BCUT2D eigenvalue weighted by Gasteiger charge is 2.17. The Balaban J connectivity index is 1.32. The maximum absolute atomic E-state index is 12.6. The first kappa shape index (κ1) is 22.0. The number of rotatable bonds is 7. The number of morpholine rings is 1. The minimum Gasteiger partial charge on any atom is -0.379 e. The lowest BCUT2D eigenvalue weighted by atomic mass is 10.1. The van der Waals surface area contributed by atoms with E-state index in [-0.39, 0.29) is 11.9 Å². The molecule has 1 amide bonds. The van der Waals surface area contributed by atoms with Crippen LogP contribution >= 0.6 is 11.6 Å². The van der Waals surface area contributed by atoms with Crippen LogP contribution in [0.5, 0.6) is 0 Å². The fourth-order valence-corrected chi connectivity index (χ4v) is 3.79. The molecule has 1 aromatic carbocycles. The van der Waals surface area contributed by atoms with Crippen molar-refractivity contribution in [2.45, 2.75) is 26.1 Å². The molecule has 0 bridgehead atoms. The molecule has 32 heavy (non-hydrogen) atoms. The molecule has 0 radical (unpaired) electrons. The van der Waals surface area contributed by atoms with E-state index in [1.54, 1.807) is 22.9 Å². The van der Waals surface area contributed by atoms with E-state index in [2.05, 4.69) is 25.5 Å². The van der Waals surface area contributed by atoms with Crippen LogP contribution in [-0.4, -0.2) is 63.1 Å². The van der Waals surface area contributed by atoms with Crippen molar-refractivity contribution >= 4 is 17.5 Å². The van der Waals surface area contributed by atoms with Crippen molar-refractivity contribution in [2.24, 2.45) is 0 Å². The molecule has 9 nitrogen and oxygen atoms in total. The second-order valence-electron chi connectivity index (χ2n) is 7.77. The second-order valence-corrected chi connectivity index (χ2v) is 8.18. The van der Waals surface area contributed by atoms with Gasteiger partial charge in [0.25, 0.3) is 5.91 Å². The van der Waals surface area contributed by atoms with Crippen LogP contribution < -0.4 is 5.32 Å². The number of carbonyl (C=O) groups is 1. The number of amides is 1. The predicted molar refractivity (Wildman–Crippen MR) is 119 cm³/mol. The Morgan fingerprint density at radius 1 is 1.34 bits per heavy atom. The molecule has 4 rings (SSSR count). The predicted octanol–water partition coefficient (Wildman–Crippen LogP) is 2.45. The van der Waals surface area contributed by atoms with Gasteiger partial charge in [0.1, 0.15) is 11.8 Å².